The molecular formula is C20H16Na2O6S5. The summed E-state index contributed by atoms with van der Waals surface area (Å²) in [5, 5.41) is 3.11. The molecule has 0 bridgehead atoms. The van der Waals surface area contributed by atoms with Crippen molar-refractivity contribution < 1.29 is 87.6 Å². The Kier molecular flexibility index (Phi) is 15.9. The number of hydrogen-bond donors (Lipinski definition) is 0. The Hall–Kier alpha value is 0.590. The van der Waals surface area contributed by atoms with Crippen LogP contribution in [0.2, 0.25) is 0 Å². The van der Waals surface area contributed by atoms with Gasteiger partial charge in [0.1, 0.15) is 0 Å². The molecular weight excluding hydrogens is 543 g/mol. The van der Waals surface area contributed by atoms with Gasteiger partial charge in [0, 0.05) is 30.4 Å². The van der Waals surface area contributed by atoms with E-state index in [4.69, 9.17) is 0 Å². The van der Waals surface area contributed by atoms with Crippen molar-refractivity contribution in [2.45, 2.75) is 19.6 Å². The Labute approximate surface area is 252 Å². The van der Waals surface area contributed by atoms with E-state index in [2.05, 4.69) is 0 Å². The van der Waals surface area contributed by atoms with Gasteiger partial charge in [-0.2, -0.15) is 0 Å². The molecule has 0 aliphatic rings. The molecule has 0 aliphatic carbocycles. The molecule has 6 nitrogen and oxygen atoms in total. The van der Waals surface area contributed by atoms with E-state index < -0.39 is 22.2 Å². The second-order valence-electron chi connectivity index (χ2n) is 5.92. The Morgan fingerprint density at radius 2 is 0.909 bits per heavy atom. The van der Waals surface area contributed by atoms with Crippen molar-refractivity contribution in [1.82, 2.24) is 0 Å². The van der Waals surface area contributed by atoms with Gasteiger partial charge in [0.2, 0.25) is 0 Å². The van der Waals surface area contributed by atoms with Crippen LogP contribution in [0.15, 0.2) is 92.4 Å². The van der Waals surface area contributed by atoms with Crippen LogP contribution in [0.5, 0.6) is 0 Å². The molecule has 0 saturated carbocycles. The maximum atomic E-state index is 11.6. The summed E-state index contributed by atoms with van der Waals surface area (Å²) in [6.07, 6.45) is 0. The third-order valence-electron chi connectivity index (χ3n) is 4.26. The summed E-state index contributed by atoms with van der Waals surface area (Å²) in [5.74, 6) is 0. The van der Waals surface area contributed by atoms with Gasteiger partial charge in [0.25, 0.3) is 0 Å². The van der Waals surface area contributed by atoms with Crippen LogP contribution < -0.4 is 59.1 Å². The van der Waals surface area contributed by atoms with E-state index in [1.807, 2.05) is 48.5 Å². The quantitative estimate of drug-likeness (QED) is 0.156. The standard InChI is InChI=1S/C20H14O4S5.2Na.2H2O/c21-28(22)17-11-3-7-13-5-1-9-15(19(13)17)25-27-26-16-10-2-6-14-8-4-12-18(20(14)16)29(23)24;;;;/h1-12H,(H,21,22)(H,23,24);;;2*1H2/q;2*+1;;/p-2. The summed E-state index contributed by atoms with van der Waals surface area (Å²) >= 11 is -4.66. The molecule has 0 radical (unpaired) electrons. The first-order valence-electron chi connectivity index (χ1n) is 8.29. The van der Waals surface area contributed by atoms with Crippen LogP contribution in [-0.2, 0) is 22.2 Å². The van der Waals surface area contributed by atoms with Gasteiger partial charge in [-0.25, -0.2) is 0 Å². The number of hydrogen-bond acceptors (Lipinski definition) is 7. The van der Waals surface area contributed by atoms with Crippen molar-refractivity contribution in [2.24, 2.45) is 0 Å². The van der Waals surface area contributed by atoms with E-state index >= 15 is 0 Å². The maximum Gasteiger partial charge on any atom is 1.00 e. The molecule has 13 heteroatoms. The van der Waals surface area contributed by atoms with Crippen LogP contribution >= 0.6 is 31.4 Å². The Morgan fingerprint density at radius 3 is 1.24 bits per heavy atom. The first-order valence-corrected chi connectivity index (χ1v) is 13.9. The molecule has 2 atom stereocenters. The molecule has 4 aromatic carbocycles. The van der Waals surface area contributed by atoms with E-state index in [1.54, 1.807) is 24.3 Å². The maximum absolute atomic E-state index is 11.6. The van der Waals surface area contributed by atoms with Crippen molar-refractivity contribution >= 4 is 75.1 Å². The van der Waals surface area contributed by atoms with Gasteiger partial charge < -0.3 is 20.1 Å². The van der Waals surface area contributed by atoms with Gasteiger partial charge in [-0.1, -0.05) is 48.5 Å². The van der Waals surface area contributed by atoms with Crippen molar-refractivity contribution in [3.05, 3.63) is 72.8 Å². The van der Waals surface area contributed by atoms with Crippen LogP contribution in [0.1, 0.15) is 0 Å². The van der Waals surface area contributed by atoms with Crippen LogP contribution in [0.4, 0.5) is 0 Å². The monoisotopic (exact) mass is 558 g/mol. The van der Waals surface area contributed by atoms with Crippen LogP contribution in [0.3, 0.4) is 0 Å². The zero-order valence-corrected chi connectivity index (χ0v) is 25.7. The van der Waals surface area contributed by atoms with E-state index in [1.165, 1.54) is 31.4 Å². The van der Waals surface area contributed by atoms with Gasteiger partial charge in [0.15, 0.2) is 0 Å². The minimum Gasteiger partial charge on any atom is -0.768 e. The summed E-state index contributed by atoms with van der Waals surface area (Å²) in [5.41, 5.74) is 0. The van der Waals surface area contributed by atoms with Crippen LogP contribution in [-0.4, -0.2) is 28.5 Å². The van der Waals surface area contributed by atoms with Gasteiger partial charge in [0.05, 0.1) is 0 Å². The molecule has 0 heterocycles. The molecule has 164 valence electrons. The van der Waals surface area contributed by atoms with Gasteiger partial charge >= 0.3 is 59.1 Å². The molecule has 0 spiro atoms. The fourth-order valence-corrected chi connectivity index (χ4v) is 8.42. The summed E-state index contributed by atoms with van der Waals surface area (Å²) in [4.78, 5) is 2.22. The van der Waals surface area contributed by atoms with Crippen molar-refractivity contribution in [3.8, 4) is 0 Å². The largest absolute Gasteiger partial charge is 1.00 e. The summed E-state index contributed by atoms with van der Waals surface area (Å²) < 4.78 is 46.5. The zero-order chi connectivity index (χ0) is 20.4. The molecule has 0 amide bonds. The minimum atomic E-state index is -2.33. The van der Waals surface area contributed by atoms with Crippen LogP contribution in [0, 0.1) is 0 Å². The van der Waals surface area contributed by atoms with Crippen molar-refractivity contribution in [2.75, 3.05) is 0 Å². The predicted octanol–water partition coefficient (Wildman–Crippen LogP) is -1.72. The van der Waals surface area contributed by atoms with Gasteiger partial charge in [-0.15, -0.1) is 0 Å². The molecule has 33 heavy (non-hydrogen) atoms. The fourth-order valence-electron chi connectivity index (χ4n) is 3.05. The Morgan fingerprint density at radius 1 is 0.576 bits per heavy atom. The molecule has 4 N–H and O–H groups in total. The third kappa shape index (κ3) is 7.78. The molecule has 0 fully saturated rings. The minimum absolute atomic E-state index is 0. The molecule has 0 aromatic heterocycles. The smallest absolute Gasteiger partial charge is 0.768 e. The van der Waals surface area contributed by atoms with Gasteiger partial charge in [-0.05, 0) is 88.6 Å². The fraction of sp³-hybridized carbons (Fsp3) is 0. The Bertz CT molecular complexity index is 1170. The number of benzene rings is 4. The molecule has 4 aromatic rings. The van der Waals surface area contributed by atoms with Crippen molar-refractivity contribution in [1.29, 1.82) is 0 Å². The molecule has 0 saturated heterocycles. The van der Waals surface area contributed by atoms with E-state index in [0.717, 1.165) is 20.6 Å². The number of rotatable bonds is 6. The first-order chi connectivity index (χ1) is 14.1. The average Bonchev–Trinajstić information content (AvgIpc) is 2.73. The molecule has 2 unspecified atom stereocenters. The number of fused-ring (bicyclic) bond motifs is 2. The molecule has 4 rings (SSSR count). The van der Waals surface area contributed by atoms with E-state index in [9.17, 15) is 17.5 Å². The predicted molar refractivity (Wildman–Crippen MR) is 129 cm³/mol. The summed E-state index contributed by atoms with van der Waals surface area (Å²) in [7, 11) is 4.36. The second kappa shape index (κ2) is 15.6. The van der Waals surface area contributed by atoms with Gasteiger partial charge in [-0.3, -0.25) is 8.42 Å². The van der Waals surface area contributed by atoms with E-state index in [-0.39, 0.29) is 79.9 Å². The van der Waals surface area contributed by atoms with E-state index in [0.29, 0.717) is 10.8 Å². The Balaban J connectivity index is 0.00000256. The topological polar surface area (TPSA) is 143 Å². The first kappa shape index (κ1) is 33.6. The second-order valence-corrected chi connectivity index (χ2v) is 11.7. The van der Waals surface area contributed by atoms with Crippen LogP contribution in [0.25, 0.3) is 21.5 Å². The third-order valence-corrected chi connectivity index (χ3v) is 9.55. The SMILES string of the molecule is O.O.O=S([O-])c1cccc2cccc(SSSc3cccc4cccc(S(=O)[O-])c34)c12.[Na+].[Na+]. The van der Waals surface area contributed by atoms with Crippen molar-refractivity contribution in [3.63, 3.8) is 0 Å². The average molecular weight is 559 g/mol. The normalized spacial score (nSPS) is 11.9. The molecule has 0 aliphatic heterocycles. The summed E-state index contributed by atoms with van der Waals surface area (Å²) in [6, 6.07) is 21.7. The summed E-state index contributed by atoms with van der Waals surface area (Å²) in [6.45, 7) is 0. The zero-order valence-electron chi connectivity index (χ0n) is 17.6.